The lowest BCUT2D eigenvalue weighted by molar-refractivity contribution is -0.388. The molecule has 1 aromatic carbocycles. The first-order chi connectivity index (χ1) is 9.66. The third-order valence-electron chi connectivity index (χ3n) is 3.58. The first-order valence-electron chi connectivity index (χ1n) is 6.37. The van der Waals surface area contributed by atoms with E-state index >= 15 is 0 Å². The molecule has 3 rings (SSSR count). The second-order valence-electron chi connectivity index (χ2n) is 4.76. The molecule has 102 valence electrons. The van der Waals surface area contributed by atoms with Crippen molar-refractivity contribution in [2.75, 3.05) is 17.2 Å². The molecular weight excluding hydrogens is 256 g/mol. The number of anilines is 2. The Morgan fingerprint density at radius 3 is 2.95 bits per heavy atom. The van der Waals surface area contributed by atoms with Crippen LogP contribution in [-0.2, 0) is 13.0 Å². The van der Waals surface area contributed by atoms with Crippen molar-refractivity contribution >= 4 is 17.2 Å². The summed E-state index contributed by atoms with van der Waals surface area (Å²) < 4.78 is 0. The molecule has 0 bridgehead atoms. The molecule has 0 fully saturated rings. The maximum Gasteiger partial charge on any atom is 0.387 e. The Morgan fingerprint density at radius 1 is 1.30 bits per heavy atom. The predicted molar refractivity (Wildman–Crippen MR) is 76.5 cm³/mol. The molecule has 2 aromatic rings. The van der Waals surface area contributed by atoms with Crippen LogP contribution in [0.1, 0.15) is 11.1 Å². The number of fused-ring (bicyclic) bond motifs is 1. The van der Waals surface area contributed by atoms with Crippen LogP contribution < -0.4 is 10.6 Å². The van der Waals surface area contributed by atoms with Gasteiger partial charge in [-0.15, -0.1) is 0 Å². The van der Waals surface area contributed by atoms with Crippen molar-refractivity contribution in [3.05, 3.63) is 57.8 Å². The van der Waals surface area contributed by atoms with Crippen molar-refractivity contribution in [2.24, 2.45) is 0 Å². The Balaban J connectivity index is 1.97. The number of rotatable bonds is 2. The summed E-state index contributed by atoms with van der Waals surface area (Å²) in [6, 6.07) is 9.27. The SMILES string of the molecule is Nc1cccc2c1CCN(c1cccnc1[N+](=O)[O-])C2. The lowest BCUT2D eigenvalue weighted by Gasteiger charge is -2.30. The number of nitrogens with zero attached hydrogens (tertiary/aromatic N) is 3. The zero-order valence-corrected chi connectivity index (χ0v) is 10.8. The van der Waals surface area contributed by atoms with Gasteiger partial charge in [-0.3, -0.25) is 0 Å². The third-order valence-corrected chi connectivity index (χ3v) is 3.58. The summed E-state index contributed by atoms with van der Waals surface area (Å²) in [6.45, 7) is 1.32. The predicted octanol–water partition coefficient (Wildman–Crippen LogP) is 2.13. The van der Waals surface area contributed by atoms with E-state index in [0.29, 0.717) is 18.8 Å². The molecule has 0 amide bonds. The van der Waals surface area contributed by atoms with E-state index in [-0.39, 0.29) is 5.82 Å². The molecule has 0 saturated heterocycles. The largest absolute Gasteiger partial charge is 0.398 e. The van der Waals surface area contributed by atoms with Crippen LogP contribution >= 0.6 is 0 Å². The first kappa shape index (κ1) is 12.4. The molecule has 1 aliphatic rings. The average molecular weight is 270 g/mol. The van der Waals surface area contributed by atoms with Gasteiger partial charge in [-0.05, 0) is 45.7 Å². The fourth-order valence-corrected chi connectivity index (χ4v) is 2.62. The number of aromatic nitrogens is 1. The molecular formula is C14H14N4O2. The molecule has 20 heavy (non-hydrogen) atoms. The summed E-state index contributed by atoms with van der Waals surface area (Å²) in [4.78, 5) is 16.5. The highest BCUT2D eigenvalue weighted by Crippen LogP contribution is 2.31. The third kappa shape index (κ3) is 2.05. The van der Waals surface area contributed by atoms with Crippen LogP contribution in [-0.4, -0.2) is 16.5 Å². The van der Waals surface area contributed by atoms with Crippen LogP contribution in [0.25, 0.3) is 0 Å². The van der Waals surface area contributed by atoms with Crippen LogP contribution in [0.15, 0.2) is 36.5 Å². The van der Waals surface area contributed by atoms with E-state index in [1.165, 1.54) is 6.20 Å². The van der Waals surface area contributed by atoms with Gasteiger partial charge in [0.1, 0.15) is 11.9 Å². The van der Waals surface area contributed by atoms with Crippen LogP contribution in [0.3, 0.4) is 0 Å². The van der Waals surface area contributed by atoms with Crippen molar-refractivity contribution in [3.8, 4) is 0 Å². The number of pyridine rings is 1. The van der Waals surface area contributed by atoms with Gasteiger partial charge >= 0.3 is 5.82 Å². The summed E-state index contributed by atoms with van der Waals surface area (Å²) in [5, 5.41) is 11.1. The zero-order chi connectivity index (χ0) is 14.1. The smallest absolute Gasteiger partial charge is 0.387 e. The van der Waals surface area contributed by atoms with Crippen molar-refractivity contribution in [1.82, 2.24) is 4.98 Å². The fourth-order valence-electron chi connectivity index (χ4n) is 2.62. The number of nitro groups is 1. The summed E-state index contributed by atoms with van der Waals surface area (Å²) in [6.07, 6.45) is 2.23. The highest BCUT2D eigenvalue weighted by molar-refractivity contribution is 5.62. The van der Waals surface area contributed by atoms with E-state index in [1.54, 1.807) is 12.1 Å². The van der Waals surface area contributed by atoms with Crippen molar-refractivity contribution in [2.45, 2.75) is 13.0 Å². The van der Waals surface area contributed by atoms with E-state index in [2.05, 4.69) is 4.98 Å². The Bertz CT molecular complexity index is 672. The minimum Gasteiger partial charge on any atom is -0.398 e. The van der Waals surface area contributed by atoms with Gasteiger partial charge in [-0.1, -0.05) is 12.1 Å². The number of nitrogens with two attached hydrogens (primary N) is 1. The van der Waals surface area contributed by atoms with Crippen molar-refractivity contribution in [3.63, 3.8) is 0 Å². The molecule has 1 aromatic heterocycles. The Hall–Kier alpha value is -2.63. The Labute approximate surface area is 116 Å². The lowest BCUT2D eigenvalue weighted by Crippen LogP contribution is -2.31. The molecule has 0 unspecified atom stereocenters. The van der Waals surface area contributed by atoms with Gasteiger partial charge in [0.05, 0.1) is 0 Å². The highest BCUT2D eigenvalue weighted by Gasteiger charge is 2.24. The molecule has 1 aliphatic heterocycles. The van der Waals surface area contributed by atoms with Gasteiger partial charge in [0, 0.05) is 18.8 Å². The van der Waals surface area contributed by atoms with E-state index in [0.717, 1.165) is 23.2 Å². The normalized spacial score (nSPS) is 13.9. The molecule has 0 spiro atoms. The molecule has 6 heteroatoms. The van der Waals surface area contributed by atoms with Gasteiger partial charge in [0.25, 0.3) is 0 Å². The van der Waals surface area contributed by atoms with Crippen molar-refractivity contribution in [1.29, 1.82) is 0 Å². The molecule has 2 N–H and O–H groups in total. The highest BCUT2D eigenvalue weighted by atomic mass is 16.6. The number of hydrogen-bond acceptors (Lipinski definition) is 5. The van der Waals surface area contributed by atoms with E-state index in [1.807, 2.05) is 23.1 Å². The molecule has 6 nitrogen and oxygen atoms in total. The van der Waals surface area contributed by atoms with Crippen molar-refractivity contribution < 1.29 is 4.92 Å². The van der Waals surface area contributed by atoms with Gasteiger partial charge in [0.2, 0.25) is 0 Å². The van der Waals surface area contributed by atoms with Crippen LogP contribution in [0, 0.1) is 10.1 Å². The van der Waals surface area contributed by atoms with Gasteiger partial charge < -0.3 is 20.7 Å². The molecule has 0 radical (unpaired) electrons. The summed E-state index contributed by atoms with van der Waals surface area (Å²) in [5.41, 5.74) is 9.59. The first-order valence-corrected chi connectivity index (χ1v) is 6.37. The van der Waals surface area contributed by atoms with Crippen LogP contribution in [0.4, 0.5) is 17.2 Å². The van der Waals surface area contributed by atoms with E-state index in [9.17, 15) is 10.1 Å². The number of hydrogen-bond donors (Lipinski definition) is 1. The topological polar surface area (TPSA) is 85.3 Å². The van der Waals surface area contributed by atoms with Gasteiger partial charge in [-0.2, -0.15) is 0 Å². The molecule has 0 aliphatic carbocycles. The minimum atomic E-state index is -0.440. The maximum atomic E-state index is 11.1. The van der Waals surface area contributed by atoms with Crippen LogP contribution in [0.5, 0.6) is 0 Å². The van der Waals surface area contributed by atoms with E-state index < -0.39 is 4.92 Å². The summed E-state index contributed by atoms with van der Waals surface area (Å²) in [5.74, 6) is -0.0974. The second-order valence-corrected chi connectivity index (χ2v) is 4.76. The Morgan fingerprint density at radius 2 is 2.15 bits per heavy atom. The molecule has 2 heterocycles. The number of benzene rings is 1. The average Bonchev–Trinajstić information content (AvgIpc) is 2.47. The Kier molecular flexibility index (Phi) is 2.98. The minimum absolute atomic E-state index is 0.0974. The zero-order valence-electron chi connectivity index (χ0n) is 10.8. The standard InChI is InChI=1S/C14H14N4O2/c15-12-4-1-3-10-9-17(8-6-11(10)12)13-5-2-7-16-14(13)18(19)20/h1-5,7H,6,8-9,15H2. The fraction of sp³-hybridized carbons (Fsp3) is 0.214. The summed E-state index contributed by atoms with van der Waals surface area (Å²) >= 11 is 0. The van der Waals surface area contributed by atoms with Gasteiger partial charge in [-0.25, -0.2) is 0 Å². The summed E-state index contributed by atoms with van der Waals surface area (Å²) in [7, 11) is 0. The van der Waals surface area contributed by atoms with E-state index in [4.69, 9.17) is 5.73 Å². The molecule has 0 saturated carbocycles. The second kappa shape index (κ2) is 4.80. The monoisotopic (exact) mass is 270 g/mol. The quantitative estimate of drug-likeness (QED) is 0.513. The molecule has 0 atom stereocenters. The van der Waals surface area contributed by atoms with Gasteiger partial charge in [0.15, 0.2) is 0 Å². The lowest BCUT2D eigenvalue weighted by atomic mass is 9.97. The maximum absolute atomic E-state index is 11.1. The number of nitrogen functional groups attached to an aromatic ring is 1. The van der Waals surface area contributed by atoms with Crippen LogP contribution in [0.2, 0.25) is 0 Å².